The first-order valence-corrected chi connectivity index (χ1v) is 16.2. The molecule has 0 radical (unpaired) electrons. The van der Waals surface area contributed by atoms with Crippen molar-refractivity contribution >= 4 is 5.97 Å². The molecule has 0 bridgehead atoms. The zero-order chi connectivity index (χ0) is 27.6. The first-order valence-electron chi connectivity index (χ1n) is 16.2. The van der Waals surface area contributed by atoms with Gasteiger partial charge in [0.05, 0.1) is 6.61 Å². The van der Waals surface area contributed by atoms with Crippen LogP contribution < -0.4 is 0 Å². The van der Waals surface area contributed by atoms with Crippen LogP contribution in [-0.2, 0) is 9.53 Å². The van der Waals surface area contributed by atoms with Gasteiger partial charge in [-0.3, -0.25) is 4.79 Å². The summed E-state index contributed by atoms with van der Waals surface area (Å²) >= 11 is 0. The van der Waals surface area contributed by atoms with Gasteiger partial charge in [-0.1, -0.05) is 151 Å². The number of allylic oxidation sites excluding steroid dienone is 10. The molecule has 38 heavy (non-hydrogen) atoms. The van der Waals surface area contributed by atoms with Crippen molar-refractivity contribution in [2.45, 2.75) is 155 Å². The molecule has 0 aliphatic carbocycles. The van der Waals surface area contributed by atoms with Gasteiger partial charge in [0.15, 0.2) is 0 Å². The lowest BCUT2D eigenvalue weighted by molar-refractivity contribution is -0.143. The van der Waals surface area contributed by atoms with Crippen LogP contribution in [0.3, 0.4) is 0 Å². The number of carbonyl (C=O) groups is 1. The van der Waals surface area contributed by atoms with Gasteiger partial charge in [-0.05, 0) is 58.3 Å². The fourth-order valence-corrected chi connectivity index (χ4v) is 4.43. The van der Waals surface area contributed by atoms with E-state index in [1.54, 1.807) is 0 Å². The van der Waals surface area contributed by atoms with E-state index in [0.29, 0.717) is 13.0 Å². The molecule has 218 valence electrons. The first-order chi connectivity index (χ1) is 18.8. The molecule has 0 unspecified atom stereocenters. The molecule has 2 nitrogen and oxygen atoms in total. The number of carbonyl (C=O) groups excluding carboxylic acids is 1. The molecule has 0 amide bonds. The van der Waals surface area contributed by atoms with Crippen molar-refractivity contribution in [2.75, 3.05) is 6.61 Å². The molecule has 0 heterocycles. The van der Waals surface area contributed by atoms with Crippen LogP contribution in [-0.4, -0.2) is 12.6 Å². The zero-order valence-electron chi connectivity index (χ0n) is 25.4. The van der Waals surface area contributed by atoms with E-state index in [1.807, 2.05) is 6.92 Å². The molecule has 0 N–H and O–H groups in total. The molecule has 0 aliphatic rings. The van der Waals surface area contributed by atoms with Gasteiger partial charge in [-0.2, -0.15) is 0 Å². The molecule has 0 rings (SSSR count). The number of esters is 1. The minimum Gasteiger partial charge on any atom is -0.466 e. The molecule has 0 aliphatic heterocycles. The van der Waals surface area contributed by atoms with Crippen LogP contribution in [0.5, 0.6) is 0 Å². The van der Waals surface area contributed by atoms with Crippen molar-refractivity contribution in [3.8, 4) is 0 Å². The van der Waals surface area contributed by atoms with Gasteiger partial charge < -0.3 is 4.74 Å². The standard InChI is InChI=1S/C36H62O2/c1-3-5-6-7-8-9-10-11-12-13-14-15-16-17-18-19-20-21-22-23-24-25-26-27-28-29-30-31-32-33-34-35-36(37)38-4-2/h5-6,8-9,11-12,14-15,17-18H,3-4,7,10,13,16,19-35H2,1-2H3/b6-5-,9-8-,12-11-,15-14-,18-17-. The topological polar surface area (TPSA) is 26.3 Å². The molecule has 0 aromatic carbocycles. The Labute approximate surface area is 237 Å². The summed E-state index contributed by atoms with van der Waals surface area (Å²) in [6, 6.07) is 0. The highest BCUT2D eigenvalue weighted by atomic mass is 16.5. The van der Waals surface area contributed by atoms with Crippen LogP contribution in [0.15, 0.2) is 60.8 Å². The Kier molecular flexibility index (Phi) is 31.6. The van der Waals surface area contributed by atoms with Gasteiger partial charge in [0.1, 0.15) is 0 Å². The highest BCUT2D eigenvalue weighted by Crippen LogP contribution is 2.14. The molecule has 0 fully saturated rings. The monoisotopic (exact) mass is 526 g/mol. The van der Waals surface area contributed by atoms with E-state index in [-0.39, 0.29) is 5.97 Å². The third-order valence-corrected chi connectivity index (χ3v) is 6.71. The van der Waals surface area contributed by atoms with Crippen molar-refractivity contribution in [1.82, 2.24) is 0 Å². The first kappa shape index (κ1) is 36.2. The Hall–Kier alpha value is -1.83. The third kappa shape index (κ3) is 32.2. The SMILES string of the molecule is CC/C=C\C/C=C\C/C=C\C/C=C\C/C=C\CCCCCCCCCCCCCCCCCC(=O)OCC. The fourth-order valence-electron chi connectivity index (χ4n) is 4.43. The normalized spacial score (nSPS) is 12.4. The largest absolute Gasteiger partial charge is 0.466 e. The maximum absolute atomic E-state index is 11.3. The number of hydrogen-bond acceptors (Lipinski definition) is 2. The Morgan fingerprint density at radius 1 is 0.447 bits per heavy atom. The van der Waals surface area contributed by atoms with Crippen molar-refractivity contribution in [1.29, 1.82) is 0 Å². The summed E-state index contributed by atoms with van der Waals surface area (Å²) in [5.74, 6) is -0.0335. The lowest BCUT2D eigenvalue weighted by Gasteiger charge is -2.04. The predicted molar refractivity (Wildman–Crippen MR) is 170 cm³/mol. The summed E-state index contributed by atoms with van der Waals surface area (Å²) in [5, 5.41) is 0. The quantitative estimate of drug-likeness (QED) is 0.0575. The van der Waals surface area contributed by atoms with Crippen molar-refractivity contribution < 1.29 is 9.53 Å². The van der Waals surface area contributed by atoms with Crippen LogP contribution in [0.4, 0.5) is 0 Å². The van der Waals surface area contributed by atoms with Crippen LogP contribution in [0.25, 0.3) is 0 Å². The average Bonchev–Trinajstić information content (AvgIpc) is 2.92. The molecular formula is C36H62O2. The molecule has 0 spiro atoms. The van der Waals surface area contributed by atoms with E-state index in [9.17, 15) is 4.79 Å². The number of ether oxygens (including phenoxy) is 1. The van der Waals surface area contributed by atoms with E-state index in [0.717, 1.165) is 38.5 Å². The number of rotatable bonds is 28. The second kappa shape index (κ2) is 33.2. The van der Waals surface area contributed by atoms with Gasteiger partial charge >= 0.3 is 5.97 Å². The van der Waals surface area contributed by atoms with Crippen LogP contribution in [0, 0.1) is 0 Å². The summed E-state index contributed by atoms with van der Waals surface area (Å²) < 4.78 is 4.96. The Bertz CT molecular complexity index is 623. The maximum Gasteiger partial charge on any atom is 0.305 e. The van der Waals surface area contributed by atoms with Gasteiger partial charge in [-0.25, -0.2) is 0 Å². The highest BCUT2D eigenvalue weighted by Gasteiger charge is 2.00. The Morgan fingerprint density at radius 3 is 1.18 bits per heavy atom. The minimum atomic E-state index is -0.0335. The van der Waals surface area contributed by atoms with Gasteiger partial charge in [0.25, 0.3) is 0 Å². The Balaban J connectivity index is 3.26. The molecule has 0 saturated heterocycles. The summed E-state index contributed by atoms with van der Waals surface area (Å²) in [6.07, 6.45) is 49.9. The van der Waals surface area contributed by atoms with E-state index in [4.69, 9.17) is 4.74 Å². The second-order valence-electron chi connectivity index (χ2n) is 10.4. The van der Waals surface area contributed by atoms with Crippen molar-refractivity contribution in [3.05, 3.63) is 60.8 Å². The number of hydrogen-bond donors (Lipinski definition) is 0. The van der Waals surface area contributed by atoms with Crippen LogP contribution >= 0.6 is 0 Å². The second-order valence-corrected chi connectivity index (χ2v) is 10.4. The van der Waals surface area contributed by atoms with Crippen LogP contribution in [0.1, 0.15) is 155 Å². The lowest BCUT2D eigenvalue weighted by Crippen LogP contribution is -2.03. The third-order valence-electron chi connectivity index (χ3n) is 6.71. The summed E-state index contributed by atoms with van der Waals surface area (Å²) in [4.78, 5) is 11.3. The lowest BCUT2D eigenvalue weighted by atomic mass is 10.0. The van der Waals surface area contributed by atoms with Crippen molar-refractivity contribution in [3.63, 3.8) is 0 Å². The molecule has 0 atom stereocenters. The van der Waals surface area contributed by atoms with Gasteiger partial charge in [0.2, 0.25) is 0 Å². The molecule has 0 saturated carbocycles. The fraction of sp³-hybridized carbons (Fsp3) is 0.694. The molecular weight excluding hydrogens is 464 g/mol. The summed E-state index contributed by atoms with van der Waals surface area (Å²) in [5.41, 5.74) is 0. The summed E-state index contributed by atoms with van der Waals surface area (Å²) in [7, 11) is 0. The maximum atomic E-state index is 11.3. The van der Waals surface area contributed by atoms with Crippen molar-refractivity contribution in [2.24, 2.45) is 0 Å². The summed E-state index contributed by atoms with van der Waals surface area (Å²) in [6.45, 7) is 4.54. The average molecular weight is 527 g/mol. The highest BCUT2D eigenvalue weighted by molar-refractivity contribution is 5.69. The Morgan fingerprint density at radius 2 is 0.789 bits per heavy atom. The minimum absolute atomic E-state index is 0.0335. The smallest absolute Gasteiger partial charge is 0.305 e. The van der Waals surface area contributed by atoms with E-state index >= 15 is 0 Å². The predicted octanol–water partition coefficient (Wildman–Crippen LogP) is 11.9. The number of unbranched alkanes of at least 4 members (excludes halogenated alkanes) is 15. The zero-order valence-corrected chi connectivity index (χ0v) is 25.4. The van der Waals surface area contributed by atoms with E-state index in [1.165, 1.54) is 96.3 Å². The van der Waals surface area contributed by atoms with Gasteiger partial charge in [0, 0.05) is 6.42 Å². The molecule has 0 aromatic heterocycles. The van der Waals surface area contributed by atoms with Crippen LogP contribution in [0.2, 0.25) is 0 Å². The van der Waals surface area contributed by atoms with E-state index in [2.05, 4.69) is 67.7 Å². The van der Waals surface area contributed by atoms with E-state index < -0.39 is 0 Å². The molecule has 2 heteroatoms. The van der Waals surface area contributed by atoms with Gasteiger partial charge in [-0.15, -0.1) is 0 Å². The molecule has 0 aromatic rings.